The van der Waals surface area contributed by atoms with Gasteiger partial charge in [-0.1, -0.05) is 71.7 Å². The van der Waals surface area contributed by atoms with E-state index in [9.17, 15) is 18.0 Å². The highest BCUT2D eigenvalue weighted by molar-refractivity contribution is 7.92. The van der Waals surface area contributed by atoms with Crippen LogP contribution >= 0.6 is 23.2 Å². The molecule has 1 N–H and O–H groups in total. The number of nitrogens with zero attached hydrogens (tertiary/aromatic N) is 2. The lowest BCUT2D eigenvalue weighted by atomic mass is 10.0. The maximum atomic E-state index is 13.8. The largest absolute Gasteiger partial charge is 0.355 e. The van der Waals surface area contributed by atoms with E-state index in [0.717, 1.165) is 28.5 Å². The van der Waals surface area contributed by atoms with Crippen molar-refractivity contribution in [2.45, 2.75) is 52.6 Å². The molecule has 0 aliphatic rings. The van der Waals surface area contributed by atoms with Gasteiger partial charge in [0, 0.05) is 32.5 Å². The molecule has 2 amide bonds. The molecule has 0 saturated heterocycles. The standard InChI is InChI=1S/C31H37Cl2N3O4S/c1-5-34-31(38)29(20-24-12-7-6-8-13-24)35(21-25-16-17-26(32)27(33)19-25)30(37)15-10-18-36(41(4,39)40)28-14-9-11-22(2)23(28)3/h6-9,11-14,16-17,19,29H,5,10,15,18,20-21H2,1-4H3,(H,34,38)/t29-/m1/s1. The third kappa shape index (κ3) is 8.96. The summed E-state index contributed by atoms with van der Waals surface area (Å²) in [6.45, 7) is 6.32. The molecular weight excluding hydrogens is 581 g/mol. The Morgan fingerprint density at radius 2 is 1.63 bits per heavy atom. The fraction of sp³-hybridized carbons (Fsp3) is 0.355. The Hall–Kier alpha value is -3.07. The van der Waals surface area contributed by atoms with Crippen molar-refractivity contribution >= 4 is 50.7 Å². The van der Waals surface area contributed by atoms with E-state index >= 15 is 0 Å². The summed E-state index contributed by atoms with van der Waals surface area (Å²) in [7, 11) is -3.59. The molecule has 3 aromatic carbocycles. The summed E-state index contributed by atoms with van der Waals surface area (Å²) in [5, 5.41) is 3.61. The number of aryl methyl sites for hydroxylation is 1. The van der Waals surface area contributed by atoms with Crippen LogP contribution in [0.15, 0.2) is 66.7 Å². The highest BCUT2D eigenvalue weighted by Crippen LogP contribution is 2.27. The zero-order chi connectivity index (χ0) is 30.2. The van der Waals surface area contributed by atoms with Crippen LogP contribution in [0, 0.1) is 13.8 Å². The summed E-state index contributed by atoms with van der Waals surface area (Å²) in [6, 6.07) is 19.4. The van der Waals surface area contributed by atoms with Crippen LogP contribution in [0.4, 0.5) is 5.69 Å². The van der Waals surface area contributed by atoms with Crippen molar-refractivity contribution in [3.05, 3.63) is 99.0 Å². The number of benzene rings is 3. The number of hydrogen-bond donors (Lipinski definition) is 1. The van der Waals surface area contributed by atoms with Crippen molar-refractivity contribution in [2.75, 3.05) is 23.7 Å². The molecule has 220 valence electrons. The summed E-state index contributed by atoms with van der Waals surface area (Å²) >= 11 is 12.4. The van der Waals surface area contributed by atoms with E-state index in [-0.39, 0.29) is 37.7 Å². The Bertz CT molecular complexity index is 1470. The molecular formula is C31H37Cl2N3O4S. The lowest BCUT2D eigenvalue weighted by Gasteiger charge is -2.32. The maximum Gasteiger partial charge on any atom is 0.243 e. The van der Waals surface area contributed by atoms with Crippen LogP contribution in [0.1, 0.15) is 42.0 Å². The summed E-state index contributed by atoms with van der Waals surface area (Å²) in [5.74, 6) is -0.532. The molecule has 0 radical (unpaired) electrons. The zero-order valence-corrected chi connectivity index (χ0v) is 26.2. The van der Waals surface area contributed by atoms with Gasteiger partial charge in [0.1, 0.15) is 6.04 Å². The molecule has 3 rings (SSSR count). The number of amides is 2. The number of anilines is 1. The Labute approximate surface area is 253 Å². The molecule has 3 aromatic rings. The van der Waals surface area contributed by atoms with E-state index in [1.54, 1.807) is 29.2 Å². The van der Waals surface area contributed by atoms with Gasteiger partial charge in [0.05, 0.1) is 22.0 Å². The van der Waals surface area contributed by atoms with Gasteiger partial charge in [-0.25, -0.2) is 8.42 Å². The SMILES string of the molecule is CCNC(=O)[C@@H](Cc1ccccc1)N(Cc1ccc(Cl)c(Cl)c1)C(=O)CCCN(c1cccc(C)c1C)S(C)(=O)=O. The first-order valence-corrected chi connectivity index (χ1v) is 16.1. The lowest BCUT2D eigenvalue weighted by molar-refractivity contribution is -0.141. The highest BCUT2D eigenvalue weighted by atomic mass is 35.5. The molecule has 0 aliphatic heterocycles. The fourth-order valence-corrected chi connectivity index (χ4v) is 6.01. The van der Waals surface area contributed by atoms with Crippen LogP contribution in [-0.4, -0.2) is 50.5 Å². The van der Waals surface area contributed by atoms with Crippen molar-refractivity contribution in [3.8, 4) is 0 Å². The van der Waals surface area contributed by atoms with E-state index in [1.165, 1.54) is 4.31 Å². The Kier molecular flexibility index (Phi) is 11.6. The molecule has 0 aromatic heterocycles. The van der Waals surface area contributed by atoms with Crippen molar-refractivity contribution in [1.82, 2.24) is 10.2 Å². The summed E-state index contributed by atoms with van der Waals surface area (Å²) in [4.78, 5) is 28.7. The van der Waals surface area contributed by atoms with Crippen LogP contribution in [0.5, 0.6) is 0 Å². The zero-order valence-electron chi connectivity index (χ0n) is 23.9. The van der Waals surface area contributed by atoms with Gasteiger partial charge in [0.25, 0.3) is 0 Å². The minimum absolute atomic E-state index is 0.0445. The smallest absolute Gasteiger partial charge is 0.243 e. The fourth-order valence-electron chi connectivity index (χ4n) is 4.67. The van der Waals surface area contributed by atoms with Gasteiger partial charge in [-0.05, 0) is 67.6 Å². The van der Waals surface area contributed by atoms with E-state index in [2.05, 4.69) is 5.32 Å². The van der Waals surface area contributed by atoms with Gasteiger partial charge in [-0.3, -0.25) is 13.9 Å². The number of rotatable bonds is 13. The Balaban J connectivity index is 1.90. The van der Waals surface area contributed by atoms with E-state index < -0.39 is 16.1 Å². The summed E-state index contributed by atoms with van der Waals surface area (Å²) in [5.41, 5.74) is 4.07. The lowest BCUT2D eigenvalue weighted by Crippen LogP contribution is -2.50. The molecule has 0 fully saturated rings. The molecule has 0 heterocycles. The average Bonchev–Trinajstić information content (AvgIpc) is 2.92. The second-order valence-corrected chi connectivity index (χ2v) is 12.7. The molecule has 0 saturated carbocycles. The molecule has 10 heteroatoms. The van der Waals surface area contributed by atoms with Gasteiger partial charge in [-0.2, -0.15) is 0 Å². The monoisotopic (exact) mass is 617 g/mol. The average molecular weight is 619 g/mol. The molecule has 0 unspecified atom stereocenters. The quantitative estimate of drug-likeness (QED) is 0.257. The predicted molar refractivity (Wildman–Crippen MR) is 167 cm³/mol. The van der Waals surface area contributed by atoms with Crippen molar-refractivity contribution in [3.63, 3.8) is 0 Å². The number of carbonyl (C=O) groups is 2. The minimum Gasteiger partial charge on any atom is -0.355 e. The number of hydrogen-bond acceptors (Lipinski definition) is 4. The number of carbonyl (C=O) groups excluding carboxylic acids is 2. The third-order valence-electron chi connectivity index (χ3n) is 6.96. The first-order valence-electron chi connectivity index (χ1n) is 13.5. The van der Waals surface area contributed by atoms with Crippen LogP contribution < -0.4 is 9.62 Å². The minimum atomic E-state index is -3.59. The van der Waals surface area contributed by atoms with Crippen LogP contribution in [0.3, 0.4) is 0 Å². The Morgan fingerprint density at radius 1 is 0.927 bits per heavy atom. The number of halogens is 2. The molecule has 0 aliphatic carbocycles. The number of likely N-dealkylation sites (N-methyl/N-ethyl adjacent to an activating group) is 1. The van der Waals surface area contributed by atoms with Gasteiger partial charge in [0.15, 0.2) is 0 Å². The predicted octanol–water partition coefficient (Wildman–Crippen LogP) is 5.93. The molecule has 0 spiro atoms. The Morgan fingerprint density at radius 3 is 2.27 bits per heavy atom. The van der Waals surface area contributed by atoms with E-state index in [4.69, 9.17) is 23.2 Å². The van der Waals surface area contributed by atoms with Crippen LogP contribution in [0.2, 0.25) is 10.0 Å². The van der Waals surface area contributed by atoms with Crippen molar-refractivity contribution in [1.29, 1.82) is 0 Å². The van der Waals surface area contributed by atoms with Gasteiger partial charge in [-0.15, -0.1) is 0 Å². The topological polar surface area (TPSA) is 86.8 Å². The third-order valence-corrected chi connectivity index (χ3v) is 8.87. The number of sulfonamides is 1. The van der Waals surface area contributed by atoms with Gasteiger partial charge < -0.3 is 10.2 Å². The van der Waals surface area contributed by atoms with E-state index in [0.29, 0.717) is 28.7 Å². The van der Waals surface area contributed by atoms with Crippen LogP contribution in [0.25, 0.3) is 0 Å². The number of nitrogens with one attached hydrogen (secondary N) is 1. The highest BCUT2D eigenvalue weighted by Gasteiger charge is 2.30. The summed E-state index contributed by atoms with van der Waals surface area (Å²) < 4.78 is 26.8. The second kappa shape index (κ2) is 14.7. The van der Waals surface area contributed by atoms with E-state index in [1.807, 2.05) is 63.2 Å². The molecule has 41 heavy (non-hydrogen) atoms. The van der Waals surface area contributed by atoms with Crippen molar-refractivity contribution < 1.29 is 18.0 Å². The van der Waals surface area contributed by atoms with Crippen molar-refractivity contribution in [2.24, 2.45) is 0 Å². The second-order valence-electron chi connectivity index (χ2n) is 10.0. The summed E-state index contributed by atoms with van der Waals surface area (Å²) in [6.07, 6.45) is 1.79. The van der Waals surface area contributed by atoms with Gasteiger partial charge in [0.2, 0.25) is 21.8 Å². The maximum absolute atomic E-state index is 13.8. The molecule has 1 atom stereocenters. The van der Waals surface area contributed by atoms with Gasteiger partial charge >= 0.3 is 0 Å². The normalized spacial score (nSPS) is 12.0. The molecule has 0 bridgehead atoms. The first-order chi connectivity index (χ1) is 19.4. The molecule has 7 nitrogen and oxygen atoms in total. The first kappa shape index (κ1) is 32.4. The van der Waals surface area contributed by atoms with Crippen LogP contribution in [-0.2, 0) is 32.6 Å².